The van der Waals surface area contributed by atoms with Gasteiger partial charge < -0.3 is 9.47 Å². The first kappa shape index (κ1) is 15.3. The fourth-order valence-electron chi connectivity index (χ4n) is 3.29. The first-order valence-electron chi connectivity index (χ1n) is 7.44. The van der Waals surface area contributed by atoms with E-state index in [1.807, 2.05) is 12.1 Å². The fraction of sp³-hybridized carbons (Fsp3) is 0.556. The lowest BCUT2D eigenvalue weighted by molar-refractivity contribution is 0.0978. The molecule has 0 aliphatic heterocycles. The van der Waals surface area contributed by atoms with Crippen LogP contribution < -0.4 is 0 Å². The van der Waals surface area contributed by atoms with Crippen LogP contribution in [-0.4, -0.2) is 20.3 Å². The molecule has 0 heterocycles. The summed E-state index contributed by atoms with van der Waals surface area (Å²) >= 11 is 0. The molecule has 110 valence electrons. The molecule has 20 heavy (non-hydrogen) atoms. The Morgan fingerprint density at radius 1 is 1.25 bits per heavy atom. The minimum atomic E-state index is 0.362. The van der Waals surface area contributed by atoms with Crippen LogP contribution in [0.25, 0.3) is 0 Å². The van der Waals surface area contributed by atoms with Gasteiger partial charge in [-0.1, -0.05) is 43.3 Å². The Morgan fingerprint density at radius 2 is 2.00 bits per heavy atom. The smallest absolute Gasteiger partial charge is 0.0716 e. The third kappa shape index (κ3) is 3.50. The van der Waals surface area contributed by atoms with E-state index in [2.05, 4.69) is 37.8 Å². The van der Waals surface area contributed by atoms with Gasteiger partial charge >= 0.3 is 0 Å². The van der Waals surface area contributed by atoms with Crippen molar-refractivity contribution in [2.75, 3.05) is 20.3 Å². The SMILES string of the molecule is C=CC[C@@H]1[C@H](COC)[C@@]1(C)CCOCc1ccccc1. The summed E-state index contributed by atoms with van der Waals surface area (Å²) in [6.45, 7) is 8.60. The zero-order valence-electron chi connectivity index (χ0n) is 12.7. The van der Waals surface area contributed by atoms with E-state index in [9.17, 15) is 0 Å². The fourth-order valence-corrected chi connectivity index (χ4v) is 3.29. The summed E-state index contributed by atoms with van der Waals surface area (Å²) in [5.41, 5.74) is 1.60. The van der Waals surface area contributed by atoms with Crippen molar-refractivity contribution in [1.82, 2.24) is 0 Å². The third-order valence-electron chi connectivity index (χ3n) is 4.73. The van der Waals surface area contributed by atoms with Crippen LogP contribution in [0.3, 0.4) is 0 Å². The van der Waals surface area contributed by atoms with E-state index >= 15 is 0 Å². The maximum absolute atomic E-state index is 5.82. The average molecular weight is 274 g/mol. The summed E-state index contributed by atoms with van der Waals surface area (Å²) in [7, 11) is 1.79. The number of ether oxygens (including phenoxy) is 2. The van der Waals surface area contributed by atoms with Crippen LogP contribution in [0.5, 0.6) is 0 Å². The third-order valence-corrected chi connectivity index (χ3v) is 4.73. The second-order valence-corrected chi connectivity index (χ2v) is 5.99. The van der Waals surface area contributed by atoms with Crippen LogP contribution in [0.1, 0.15) is 25.3 Å². The van der Waals surface area contributed by atoms with Crippen LogP contribution in [0.15, 0.2) is 43.0 Å². The van der Waals surface area contributed by atoms with E-state index in [0.717, 1.165) is 26.1 Å². The highest BCUT2D eigenvalue weighted by atomic mass is 16.5. The minimum Gasteiger partial charge on any atom is -0.384 e. The van der Waals surface area contributed by atoms with Gasteiger partial charge in [0.2, 0.25) is 0 Å². The molecule has 3 atom stereocenters. The van der Waals surface area contributed by atoms with Crippen LogP contribution in [0, 0.1) is 17.3 Å². The lowest BCUT2D eigenvalue weighted by atomic mass is 10.00. The highest BCUT2D eigenvalue weighted by Crippen LogP contribution is 2.62. The van der Waals surface area contributed by atoms with Gasteiger partial charge in [0.1, 0.15) is 0 Å². The van der Waals surface area contributed by atoms with Crippen molar-refractivity contribution >= 4 is 0 Å². The highest BCUT2D eigenvalue weighted by molar-refractivity contribution is 5.13. The van der Waals surface area contributed by atoms with E-state index < -0.39 is 0 Å². The Labute approximate surface area is 122 Å². The Kier molecular flexibility index (Phi) is 5.38. The predicted molar refractivity (Wildman–Crippen MR) is 82.5 cm³/mol. The second-order valence-electron chi connectivity index (χ2n) is 5.99. The van der Waals surface area contributed by atoms with Crippen molar-refractivity contribution in [1.29, 1.82) is 0 Å². The topological polar surface area (TPSA) is 18.5 Å². The molecule has 1 aromatic carbocycles. The van der Waals surface area contributed by atoms with Gasteiger partial charge in [0.05, 0.1) is 6.61 Å². The molecule has 1 aliphatic rings. The molecule has 0 bridgehead atoms. The minimum absolute atomic E-state index is 0.362. The summed E-state index contributed by atoms with van der Waals surface area (Å²) in [6, 6.07) is 10.3. The molecule has 1 saturated carbocycles. The summed E-state index contributed by atoms with van der Waals surface area (Å²) in [5.74, 6) is 1.37. The Hall–Kier alpha value is -1.12. The van der Waals surface area contributed by atoms with Gasteiger partial charge in [-0.3, -0.25) is 0 Å². The summed E-state index contributed by atoms with van der Waals surface area (Å²) in [4.78, 5) is 0. The van der Waals surface area contributed by atoms with Crippen molar-refractivity contribution < 1.29 is 9.47 Å². The van der Waals surface area contributed by atoms with Crippen LogP contribution >= 0.6 is 0 Å². The van der Waals surface area contributed by atoms with Crippen molar-refractivity contribution in [3.63, 3.8) is 0 Å². The van der Waals surface area contributed by atoms with Crippen molar-refractivity contribution in [2.24, 2.45) is 17.3 Å². The molecule has 0 radical (unpaired) electrons. The molecule has 0 amide bonds. The van der Waals surface area contributed by atoms with E-state index in [1.165, 1.54) is 5.56 Å². The van der Waals surface area contributed by atoms with Gasteiger partial charge in [0, 0.05) is 20.3 Å². The monoisotopic (exact) mass is 274 g/mol. The van der Waals surface area contributed by atoms with Gasteiger partial charge in [-0.05, 0) is 35.7 Å². The Balaban J connectivity index is 1.74. The standard InChI is InChI=1S/C18H26O2/c1-4-8-16-17(14-19-3)18(16,2)11-12-20-13-15-9-6-5-7-10-15/h4-7,9-10,16-17H,1,8,11-14H2,2-3H3/t16-,17+,18+/m1/s1. The summed E-state index contributed by atoms with van der Waals surface area (Å²) in [5, 5.41) is 0. The molecule has 1 aromatic rings. The molecule has 2 rings (SSSR count). The lowest BCUT2D eigenvalue weighted by Gasteiger charge is -2.12. The first-order chi connectivity index (χ1) is 9.72. The molecular formula is C18H26O2. The van der Waals surface area contributed by atoms with Crippen molar-refractivity contribution in [2.45, 2.75) is 26.4 Å². The van der Waals surface area contributed by atoms with Crippen molar-refractivity contribution in [3.8, 4) is 0 Å². The van der Waals surface area contributed by atoms with Crippen LogP contribution in [0.4, 0.5) is 0 Å². The number of hydrogen-bond acceptors (Lipinski definition) is 2. The maximum Gasteiger partial charge on any atom is 0.0716 e. The predicted octanol–water partition coefficient (Wildman–Crippen LogP) is 4.07. The Bertz CT molecular complexity index is 415. The normalized spacial score (nSPS) is 28.3. The van der Waals surface area contributed by atoms with Gasteiger partial charge in [-0.25, -0.2) is 0 Å². The molecule has 1 aliphatic carbocycles. The highest BCUT2D eigenvalue weighted by Gasteiger charge is 2.59. The molecule has 0 N–H and O–H groups in total. The first-order valence-corrected chi connectivity index (χ1v) is 7.44. The van der Waals surface area contributed by atoms with E-state index in [-0.39, 0.29) is 0 Å². The second kappa shape index (κ2) is 7.05. The zero-order valence-corrected chi connectivity index (χ0v) is 12.7. The van der Waals surface area contributed by atoms with Crippen LogP contribution in [-0.2, 0) is 16.1 Å². The van der Waals surface area contributed by atoms with E-state index in [0.29, 0.717) is 23.9 Å². The largest absolute Gasteiger partial charge is 0.384 e. The number of hydrogen-bond donors (Lipinski definition) is 0. The molecule has 2 nitrogen and oxygen atoms in total. The van der Waals surface area contributed by atoms with Crippen molar-refractivity contribution in [3.05, 3.63) is 48.6 Å². The number of rotatable bonds is 9. The van der Waals surface area contributed by atoms with E-state index in [1.54, 1.807) is 7.11 Å². The molecule has 1 fully saturated rings. The van der Waals surface area contributed by atoms with E-state index in [4.69, 9.17) is 9.47 Å². The molecule has 0 spiro atoms. The molecule has 0 unspecified atom stereocenters. The number of allylic oxidation sites excluding steroid dienone is 1. The molecule has 0 aromatic heterocycles. The summed E-state index contributed by atoms with van der Waals surface area (Å²) in [6.07, 6.45) is 4.22. The van der Waals surface area contributed by atoms with Gasteiger partial charge in [-0.2, -0.15) is 0 Å². The number of benzene rings is 1. The lowest BCUT2D eigenvalue weighted by Crippen LogP contribution is -2.08. The Morgan fingerprint density at radius 3 is 2.65 bits per heavy atom. The van der Waals surface area contributed by atoms with Gasteiger partial charge in [0.25, 0.3) is 0 Å². The zero-order chi connectivity index (χ0) is 14.4. The molecular weight excluding hydrogens is 248 g/mol. The summed E-state index contributed by atoms with van der Waals surface area (Å²) < 4.78 is 11.2. The van der Waals surface area contributed by atoms with Gasteiger partial charge in [-0.15, -0.1) is 6.58 Å². The quantitative estimate of drug-likeness (QED) is 0.499. The molecule has 2 heteroatoms. The number of methoxy groups -OCH3 is 1. The van der Waals surface area contributed by atoms with Crippen LogP contribution in [0.2, 0.25) is 0 Å². The molecule has 0 saturated heterocycles. The maximum atomic E-state index is 5.82. The average Bonchev–Trinajstić information content (AvgIpc) is 3.01. The van der Waals surface area contributed by atoms with Gasteiger partial charge in [0.15, 0.2) is 0 Å².